The van der Waals surface area contributed by atoms with Gasteiger partial charge in [0.25, 0.3) is 0 Å². The van der Waals surface area contributed by atoms with Crippen LogP contribution in [0.15, 0.2) is 103 Å². The van der Waals surface area contributed by atoms with Gasteiger partial charge in [-0.3, -0.25) is 0 Å². The Kier molecular flexibility index (Phi) is 4.23. The molecule has 5 rings (SSSR count). The average molecular weight is 380 g/mol. The Morgan fingerprint density at radius 1 is 0.536 bits per heavy atom. The van der Waals surface area contributed by atoms with E-state index in [2.05, 4.69) is 89.9 Å². The van der Waals surface area contributed by atoms with E-state index >= 15 is 0 Å². The smallest absolute Gasteiger partial charge is 0.0544 e. The molecule has 0 radical (unpaired) electrons. The van der Waals surface area contributed by atoms with E-state index in [0.29, 0.717) is 0 Å². The fraction of sp³-hybridized carbons (Fsp3) is 0. The van der Waals surface area contributed by atoms with Gasteiger partial charge in [-0.15, -0.1) is 0 Å². The number of H-pyrrole nitrogens is 1. The molecule has 1 nitrogen and oxygen atoms in total. The van der Waals surface area contributed by atoms with Gasteiger partial charge in [-0.05, 0) is 40.5 Å². The van der Waals surface area contributed by atoms with Crippen molar-refractivity contribution in [1.82, 2.24) is 4.98 Å². The summed E-state index contributed by atoms with van der Waals surface area (Å²) in [5.41, 5.74) is 8.25. The molecule has 134 valence electrons. The summed E-state index contributed by atoms with van der Waals surface area (Å²) in [6.45, 7) is 0. The predicted molar refractivity (Wildman–Crippen MR) is 120 cm³/mol. The monoisotopic (exact) mass is 379 g/mol. The van der Waals surface area contributed by atoms with Gasteiger partial charge >= 0.3 is 0 Å². The Morgan fingerprint density at radius 2 is 1.18 bits per heavy atom. The fourth-order valence-electron chi connectivity index (χ4n) is 3.83. The minimum atomic E-state index is 0.748. The SMILES string of the molecule is Clc1ccc(-c2ccccc2-c2c(-c3ccccc3)[nH]c3ccccc23)cc1. The maximum absolute atomic E-state index is 6.12. The summed E-state index contributed by atoms with van der Waals surface area (Å²) in [5, 5.41) is 1.97. The van der Waals surface area contributed by atoms with Crippen molar-refractivity contribution in [3.8, 4) is 33.5 Å². The molecule has 0 fully saturated rings. The Bertz CT molecular complexity index is 1250. The molecular formula is C26H18ClN. The summed E-state index contributed by atoms with van der Waals surface area (Å²) in [6.07, 6.45) is 0. The van der Waals surface area contributed by atoms with Crippen molar-refractivity contribution in [1.29, 1.82) is 0 Å². The molecule has 5 aromatic rings. The first kappa shape index (κ1) is 16.9. The topological polar surface area (TPSA) is 15.8 Å². The van der Waals surface area contributed by atoms with E-state index in [0.717, 1.165) is 21.8 Å². The van der Waals surface area contributed by atoms with Crippen molar-refractivity contribution in [2.75, 3.05) is 0 Å². The summed E-state index contributed by atoms with van der Waals surface area (Å²) in [5.74, 6) is 0. The van der Waals surface area contributed by atoms with Gasteiger partial charge in [0.05, 0.1) is 5.69 Å². The molecule has 0 saturated carbocycles. The normalized spacial score (nSPS) is 11.0. The van der Waals surface area contributed by atoms with Gasteiger partial charge in [-0.2, -0.15) is 0 Å². The van der Waals surface area contributed by atoms with Crippen molar-refractivity contribution in [2.45, 2.75) is 0 Å². The molecule has 0 bridgehead atoms. The lowest BCUT2D eigenvalue weighted by atomic mass is 9.91. The van der Waals surface area contributed by atoms with Crippen LogP contribution in [0.1, 0.15) is 0 Å². The highest BCUT2D eigenvalue weighted by Crippen LogP contribution is 2.42. The van der Waals surface area contributed by atoms with Crippen LogP contribution in [-0.2, 0) is 0 Å². The number of aromatic amines is 1. The van der Waals surface area contributed by atoms with Crippen LogP contribution in [0.5, 0.6) is 0 Å². The zero-order valence-corrected chi connectivity index (χ0v) is 15.9. The molecule has 1 N–H and O–H groups in total. The molecule has 0 aliphatic rings. The van der Waals surface area contributed by atoms with Crippen molar-refractivity contribution in [2.24, 2.45) is 0 Å². The molecule has 0 unspecified atom stereocenters. The highest BCUT2D eigenvalue weighted by molar-refractivity contribution is 6.30. The van der Waals surface area contributed by atoms with E-state index in [1.807, 2.05) is 18.2 Å². The quantitative estimate of drug-likeness (QED) is 0.329. The largest absolute Gasteiger partial charge is 0.354 e. The summed E-state index contributed by atoms with van der Waals surface area (Å²) in [4.78, 5) is 3.65. The summed E-state index contributed by atoms with van der Waals surface area (Å²) < 4.78 is 0. The van der Waals surface area contributed by atoms with Crippen LogP contribution in [-0.4, -0.2) is 4.98 Å². The maximum Gasteiger partial charge on any atom is 0.0544 e. The van der Waals surface area contributed by atoms with Gasteiger partial charge < -0.3 is 4.98 Å². The van der Waals surface area contributed by atoms with E-state index < -0.39 is 0 Å². The number of benzene rings is 4. The van der Waals surface area contributed by atoms with Gasteiger partial charge in [0.1, 0.15) is 0 Å². The number of para-hydroxylation sites is 1. The van der Waals surface area contributed by atoms with E-state index in [-0.39, 0.29) is 0 Å². The van der Waals surface area contributed by atoms with Crippen molar-refractivity contribution >= 4 is 22.5 Å². The van der Waals surface area contributed by atoms with Crippen molar-refractivity contribution in [3.63, 3.8) is 0 Å². The van der Waals surface area contributed by atoms with Crippen LogP contribution >= 0.6 is 11.6 Å². The first-order chi connectivity index (χ1) is 13.8. The third-order valence-corrected chi connectivity index (χ3v) is 5.37. The highest BCUT2D eigenvalue weighted by Gasteiger charge is 2.17. The van der Waals surface area contributed by atoms with E-state index in [9.17, 15) is 0 Å². The minimum Gasteiger partial charge on any atom is -0.354 e. The number of fused-ring (bicyclic) bond motifs is 1. The maximum atomic E-state index is 6.12. The summed E-state index contributed by atoms with van der Waals surface area (Å²) >= 11 is 6.12. The zero-order chi connectivity index (χ0) is 18.9. The number of rotatable bonds is 3. The molecule has 1 heterocycles. The second-order valence-electron chi connectivity index (χ2n) is 6.84. The fourth-order valence-corrected chi connectivity index (χ4v) is 3.95. The summed E-state index contributed by atoms with van der Waals surface area (Å²) in [7, 11) is 0. The van der Waals surface area contributed by atoms with Crippen molar-refractivity contribution in [3.05, 3.63) is 108 Å². The standard InChI is InChI=1S/C26H18ClN/c27-20-16-14-18(15-17-20)21-10-4-5-11-22(21)25-23-12-6-7-13-24(23)28-26(25)19-8-2-1-3-9-19/h1-17,28H. The van der Waals surface area contributed by atoms with Gasteiger partial charge in [0, 0.05) is 21.5 Å². The predicted octanol–water partition coefficient (Wildman–Crippen LogP) is 7.82. The van der Waals surface area contributed by atoms with Gasteiger partial charge in [-0.1, -0.05) is 96.5 Å². The van der Waals surface area contributed by atoms with E-state index in [1.54, 1.807) is 0 Å². The van der Waals surface area contributed by atoms with Crippen LogP contribution in [0.2, 0.25) is 5.02 Å². The zero-order valence-electron chi connectivity index (χ0n) is 15.2. The van der Waals surface area contributed by atoms with E-state index in [4.69, 9.17) is 11.6 Å². The Hall–Kier alpha value is -3.29. The Balaban J connectivity index is 1.82. The number of hydrogen-bond acceptors (Lipinski definition) is 0. The van der Waals surface area contributed by atoms with Gasteiger partial charge in [-0.25, -0.2) is 0 Å². The first-order valence-electron chi connectivity index (χ1n) is 9.33. The number of nitrogens with one attached hydrogen (secondary N) is 1. The molecule has 0 saturated heterocycles. The Labute approximate surface area is 169 Å². The lowest BCUT2D eigenvalue weighted by Crippen LogP contribution is -1.87. The molecule has 0 aliphatic heterocycles. The molecule has 0 amide bonds. The lowest BCUT2D eigenvalue weighted by molar-refractivity contribution is 1.45. The molecular weight excluding hydrogens is 362 g/mol. The summed E-state index contributed by atoms with van der Waals surface area (Å²) in [6, 6.07) is 35.6. The molecule has 0 spiro atoms. The van der Waals surface area contributed by atoms with Crippen LogP contribution in [0.4, 0.5) is 0 Å². The molecule has 0 atom stereocenters. The van der Waals surface area contributed by atoms with Crippen molar-refractivity contribution < 1.29 is 0 Å². The number of hydrogen-bond donors (Lipinski definition) is 1. The third-order valence-electron chi connectivity index (χ3n) is 5.12. The molecule has 4 aromatic carbocycles. The molecule has 2 heteroatoms. The van der Waals surface area contributed by atoms with Crippen LogP contribution < -0.4 is 0 Å². The van der Waals surface area contributed by atoms with Gasteiger partial charge in [0.15, 0.2) is 0 Å². The second-order valence-corrected chi connectivity index (χ2v) is 7.28. The third kappa shape index (κ3) is 2.90. The van der Waals surface area contributed by atoms with Crippen LogP contribution in [0.3, 0.4) is 0 Å². The first-order valence-corrected chi connectivity index (χ1v) is 9.70. The Morgan fingerprint density at radius 3 is 1.96 bits per heavy atom. The van der Waals surface area contributed by atoms with Crippen LogP contribution in [0, 0.1) is 0 Å². The minimum absolute atomic E-state index is 0.748. The number of aromatic nitrogens is 1. The molecule has 0 aliphatic carbocycles. The van der Waals surface area contributed by atoms with E-state index in [1.165, 1.54) is 27.6 Å². The van der Waals surface area contributed by atoms with Crippen LogP contribution in [0.25, 0.3) is 44.4 Å². The average Bonchev–Trinajstić information content (AvgIpc) is 3.14. The van der Waals surface area contributed by atoms with Gasteiger partial charge in [0.2, 0.25) is 0 Å². The highest BCUT2D eigenvalue weighted by atomic mass is 35.5. The number of halogens is 1. The molecule has 1 aromatic heterocycles. The second kappa shape index (κ2) is 7.03. The molecule has 28 heavy (non-hydrogen) atoms. The lowest BCUT2D eigenvalue weighted by Gasteiger charge is -2.12.